The molecule has 0 radical (unpaired) electrons. The predicted molar refractivity (Wildman–Crippen MR) is 123 cm³/mol. The topological polar surface area (TPSA) is 51.1 Å². The van der Waals surface area contributed by atoms with Crippen molar-refractivity contribution in [2.24, 2.45) is 4.99 Å². The van der Waals surface area contributed by atoms with Crippen molar-refractivity contribution in [3.63, 3.8) is 0 Å². The summed E-state index contributed by atoms with van der Waals surface area (Å²) < 4.78 is 11.9. The van der Waals surface area contributed by atoms with Crippen molar-refractivity contribution < 1.29 is 14.3 Å². The van der Waals surface area contributed by atoms with Gasteiger partial charge >= 0.3 is 0 Å². The zero-order valence-corrected chi connectivity index (χ0v) is 18.8. The van der Waals surface area contributed by atoms with Crippen LogP contribution in [0.15, 0.2) is 62.9 Å². The Kier molecular flexibility index (Phi) is 7.91. The van der Waals surface area contributed by atoms with Gasteiger partial charge in [0.15, 0.2) is 5.17 Å². The van der Waals surface area contributed by atoms with Gasteiger partial charge in [0.25, 0.3) is 5.91 Å². The Bertz CT molecular complexity index is 916. The number of aliphatic imine (C=N–C) groups is 1. The fourth-order valence-corrected chi connectivity index (χ4v) is 4.27. The normalized spacial score (nSPS) is 16.8. The Labute approximate surface area is 183 Å². The summed E-state index contributed by atoms with van der Waals surface area (Å²) in [6.45, 7) is 6.04. The van der Waals surface area contributed by atoms with Crippen LogP contribution in [0.2, 0.25) is 0 Å². The number of nitrogens with zero attached hydrogens (tertiary/aromatic N) is 2. The van der Waals surface area contributed by atoms with Gasteiger partial charge in [-0.1, -0.05) is 24.3 Å². The molecule has 0 bridgehead atoms. The number of rotatable bonds is 8. The summed E-state index contributed by atoms with van der Waals surface area (Å²) in [5.41, 5.74) is 1.73. The van der Waals surface area contributed by atoms with E-state index in [0.717, 1.165) is 21.5 Å². The molecular weight excluding hydrogens is 452 g/mol. The molecule has 0 aromatic heterocycles. The molecule has 152 valence electrons. The maximum Gasteiger partial charge on any atom is 0.266 e. The van der Waals surface area contributed by atoms with E-state index in [0.29, 0.717) is 36.4 Å². The Morgan fingerprint density at radius 1 is 1.14 bits per heavy atom. The monoisotopic (exact) mass is 474 g/mol. The first-order chi connectivity index (χ1) is 14.1. The first kappa shape index (κ1) is 21.6. The molecule has 3 rings (SSSR count). The summed E-state index contributed by atoms with van der Waals surface area (Å²) in [6.07, 6.45) is 1.88. The molecule has 1 heterocycles. The lowest BCUT2D eigenvalue weighted by molar-refractivity contribution is -0.122. The van der Waals surface area contributed by atoms with Gasteiger partial charge in [-0.25, -0.2) is 4.99 Å². The van der Waals surface area contributed by atoms with Crippen LogP contribution in [0.25, 0.3) is 6.08 Å². The summed E-state index contributed by atoms with van der Waals surface area (Å²) in [6, 6.07) is 15.4. The van der Waals surface area contributed by atoms with Crippen molar-refractivity contribution in [1.29, 1.82) is 0 Å². The quantitative estimate of drug-likeness (QED) is 0.374. The average molecular weight is 475 g/mol. The smallest absolute Gasteiger partial charge is 0.266 e. The van der Waals surface area contributed by atoms with E-state index in [1.165, 1.54) is 11.8 Å². The zero-order valence-electron chi connectivity index (χ0n) is 16.4. The fraction of sp³-hybridized carbons (Fsp3) is 0.273. The molecular formula is C22H23BrN2O3S. The van der Waals surface area contributed by atoms with Crippen LogP contribution in [0.3, 0.4) is 0 Å². The van der Waals surface area contributed by atoms with E-state index in [2.05, 4.69) is 20.9 Å². The number of hydrogen-bond acceptors (Lipinski definition) is 5. The van der Waals surface area contributed by atoms with E-state index in [1.54, 1.807) is 4.90 Å². The molecule has 1 saturated heterocycles. The van der Waals surface area contributed by atoms with Gasteiger partial charge in [-0.15, -0.1) is 0 Å². The molecule has 2 aromatic rings. The molecule has 0 spiro atoms. The fourth-order valence-electron chi connectivity index (χ4n) is 2.73. The molecule has 0 N–H and O–H groups in total. The molecule has 5 nitrogen and oxygen atoms in total. The van der Waals surface area contributed by atoms with Gasteiger partial charge in [0.1, 0.15) is 5.75 Å². The minimum Gasteiger partial charge on any atom is -0.493 e. The molecule has 0 atom stereocenters. The van der Waals surface area contributed by atoms with Crippen molar-refractivity contribution in [3.05, 3.63) is 63.5 Å². The molecule has 0 unspecified atom stereocenters. The summed E-state index contributed by atoms with van der Waals surface area (Å²) >= 11 is 4.91. The van der Waals surface area contributed by atoms with Crippen LogP contribution in [0.5, 0.6) is 5.75 Å². The number of carbonyl (C=O) groups is 1. The van der Waals surface area contributed by atoms with Crippen LogP contribution in [-0.4, -0.2) is 42.3 Å². The summed E-state index contributed by atoms with van der Waals surface area (Å²) in [5.74, 6) is 0.721. The first-order valence-electron chi connectivity index (χ1n) is 9.47. The van der Waals surface area contributed by atoms with Gasteiger partial charge in [-0.2, -0.15) is 0 Å². The molecule has 1 fully saturated rings. The van der Waals surface area contributed by atoms with Crippen molar-refractivity contribution in [1.82, 2.24) is 4.90 Å². The van der Waals surface area contributed by atoms with Gasteiger partial charge < -0.3 is 9.47 Å². The second-order valence-electron chi connectivity index (χ2n) is 6.12. The maximum absolute atomic E-state index is 13.0. The van der Waals surface area contributed by atoms with Gasteiger partial charge in [0.05, 0.1) is 34.8 Å². The number of benzene rings is 2. The Morgan fingerprint density at radius 3 is 2.62 bits per heavy atom. The van der Waals surface area contributed by atoms with Gasteiger partial charge in [0, 0.05) is 6.61 Å². The lowest BCUT2D eigenvalue weighted by atomic mass is 10.2. The number of amidine groups is 1. The molecule has 0 aliphatic carbocycles. The zero-order chi connectivity index (χ0) is 20.6. The number of ether oxygens (including phenoxy) is 2. The SMILES string of the molecule is CCOCCN1C(=O)/C(=C/c2ccc(OCC)c(Br)c2)SC1=Nc1ccccc1. The number of halogens is 1. The molecule has 1 aliphatic rings. The third-order valence-corrected chi connectivity index (χ3v) is 5.71. The van der Waals surface area contributed by atoms with Crippen molar-refractivity contribution >= 4 is 50.5 Å². The maximum atomic E-state index is 13.0. The van der Waals surface area contributed by atoms with Crippen LogP contribution < -0.4 is 4.74 Å². The van der Waals surface area contributed by atoms with Crippen molar-refractivity contribution in [2.75, 3.05) is 26.4 Å². The highest BCUT2D eigenvalue weighted by atomic mass is 79.9. The van der Waals surface area contributed by atoms with Crippen molar-refractivity contribution in [2.45, 2.75) is 13.8 Å². The highest BCUT2D eigenvalue weighted by Crippen LogP contribution is 2.35. The molecule has 2 aromatic carbocycles. The second-order valence-corrected chi connectivity index (χ2v) is 7.98. The average Bonchev–Trinajstić information content (AvgIpc) is 3.00. The number of para-hydroxylation sites is 1. The van der Waals surface area contributed by atoms with E-state index < -0.39 is 0 Å². The van der Waals surface area contributed by atoms with E-state index >= 15 is 0 Å². The Balaban J connectivity index is 1.87. The number of carbonyl (C=O) groups excluding carboxylic acids is 1. The van der Waals surface area contributed by atoms with Gasteiger partial charge in [-0.3, -0.25) is 9.69 Å². The van der Waals surface area contributed by atoms with Crippen LogP contribution >= 0.6 is 27.7 Å². The largest absolute Gasteiger partial charge is 0.493 e. The lowest BCUT2D eigenvalue weighted by Gasteiger charge is -2.15. The molecule has 1 aliphatic heterocycles. The Hall–Kier alpha value is -2.09. The number of amides is 1. The predicted octanol–water partition coefficient (Wildman–Crippen LogP) is 5.49. The van der Waals surface area contributed by atoms with Gasteiger partial charge in [-0.05, 0) is 77.4 Å². The second kappa shape index (κ2) is 10.6. The van der Waals surface area contributed by atoms with E-state index in [1.807, 2.05) is 68.5 Å². The summed E-state index contributed by atoms with van der Waals surface area (Å²) in [4.78, 5) is 20.0. The summed E-state index contributed by atoms with van der Waals surface area (Å²) in [5, 5.41) is 0.664. The lowest BCUT2D eigenvalue weighted by Crippen LogP contribution is -2.32. The third-order valence-electron chi connectivity index (χ3n) is 4.09. The number of hydrogen-bond donors (Lipinski definition) is 0. The molecule has 29 heavy (non-hydrogen) atoms. The first-order valence-corrected chi connectivity index (χ1v) is 11.1. The molecule has 7 heteroatoms. The third kappa shape index (κ3) is 5.72. The molecule has 0 saturated carbocycles. The molecule has 1 amide bonds. The van der Waals surface area contributed by atoms with Gasteiger partial charge in [0.2, 0.25) is 0 Å². The minimum absolute atomic E-state index is 0.0607. The standard InChI is InChI=1S/C22H23BrN2O3S/c1-3-27-13-12-25-21(26)20(29-22(25)24-17-8-6-5-7-9-17)15-16-10-11-19(28-4-2)18(23)14-16/h5-11,14-15H,3-4,12-13H2,1-2H3/b20-15-,24-22?. The van der Waals surface area contributed by atoms with E-state index in [-0.39, 0.29) is 5.91 Å². The highest BCUT2D eigenvalue weighted by Gasteiger charge is 2.33. The van der Waals surface area contributed by atoms with E-state index in [9.17, 15) is 4.79 Å². The van der Waals surface area contributed by atoms with Crippen LogP contribution in [0.4, 0.5) is 5.69 Å². The van der Waals surface area contributed by atoms with Crippen LogP contribution in [-0.2, 0) is 9.53 Å². The van der Waals surface area contributed by atoms with E-state index in [4.69, 9.17) is 9.47 Å². The Morgan fingerprint density at radius 2 is 1.93 bits per heavy atom. The summed E-state index contributed by atoms with van der Waals surface area (Å²) in [7, 11) is 0. The van der Waals surface area contributed by atoms with Crippen molar-refractivity contribution in [3.8, 4) is 5.75 Å². The van der Waals surface area contributed by atoms with Crippen LogP contribution in [0.1, 0.15) is 19.4 Å². The highest BCUT2D eigenvalue weighted by molar-refractivity contribution is 9.10. The number of thioether (sulfide) groups is 1. The minimum atomic E-state index is -0.0607. The van der Waals surface area contributed by atoms with Crippen LogP contribution in [0, 0.1) is 0 Å².